The maximum Gasteiger partial charge on any atom is 0.341 e. The Morgan fingerprint density at radius 2 is 2.11 bits per heavy atom. The fraction of sp³-hybridized carbons (Fsp3) is 0.208. The van der Waals surface area contributed by atoms with Crippen LogP contribution in [0.15, 0.2) is 42.7 Å². The number of benzene rings is 2. The monoisotopic (exact) mass is 477 g/mol. The molecule has 0 radical (unpaired) electrons. The van der Waals surface area contributed by atoms with Crippen LogP contribution in [0.3, 0.4) is 0 Å². The third-order valence-electron chi connectivity index (χ3n) is 5.99. The number of nitro benzene ring substituents is 1. The maximum absolute atomic E-state index is 14.1. The van der Waals surface area contributed by atoms with E-state index < -0.39 is 22.4 Å². The first-order valence-corrected chi connectivity index (χ1v) is 10.8. The number of nitrogens with zero attached hydrogens (tertiary/aromatic N) is 4. The van der Waals surface area contributed by atoms with E-state index in [9.17, 15) is 19.3 Å². The van der Waals surface area contributed by atoms with Gasteiger partial charge in [0.15, 0.2) is 0 Å². The van der Waals surface area contributed by atoms with E-state index in [0.29, 0.717) is 5.69 Å². The zero-order chi connectivity index (χ0) is 24.7. The quantitative estimate of drug-likeness (QED) is 0.242. The molecule has 0 fully saturated rings. The minimum absolute atomic E-state index is 0.0300. The van der Waals surface area contributed by atoms with Gasteiger partial charge < -0.3 is 19.4 Å². The van der Waals surface area contributed by atoms with Gasteiger partial charge in [0, 0.05) is 42.0 Å². The molecule has 4 aromatic rings. The summed E-state index contributed by atoms with van der Waals surface area (Å²) in [5.74, 6) is -1.57. The molecule has 1 N–H and O–H groups in total. The lowest BCUT2D eigenvalue weighted by molar-refractivity contribution is -0.387. The lowest BCUT2D eigenvalue weighted by Crippen LogP contribution is -2.09. The summed E-state index contributed by atoms with van der Waals surface area (Å²) >= 11 is 0. The number of ether oxygens (including phenoxy) is 2. The highest BCUT2D eigenvalue weighted by atomic mass is 19.1. The Labute approximate surface area is 198 Å². The van der Waals surface area contributed by atoms with Crippen LogP contribution < -0.4 is 10.1 Å². The molecule has 5 rings (SSSR count). The Morgan fingerprint density at radius 1 is 1.29 bits per heavy atom. The van der Waals surface area contributed by atoms with Gasteiger partial charge >= 0.3 is 11.7 Å². The van der Waals surface area contributed by atoms with Crippen molar-refractivity contribution in [3.05, 3.63) is 69.8 Å². The van der Waals surface area contributed by atoms with Gasteiger partial charge in [0.05, 0.1) is 36.0 Å². The normalized spacial score (nSPS) is 12.4. The fourth-order valence-corrected chi connectivity index (χ4v) is 4.42. The Hall–Kier alpha value is -4.54. The van der Waals surface area contributed by atoms with E-state index in [0.717, 1.165) is 48.0 Å². The number of halogens is 1. The van der Waals surface area contributed by atoms with Crippen LogP contribution in [0.4, 0.5) is 21.7 Å². The molecule has 0 amide bonds. The molecule has 0 aliphatic carbocycles. The summed E-state index contributed by atoms with van der Waals surface area (Å²) < 4.78 is 26.3. The number of nitro groups is 1. The number of aromatic nitrogens is 3. The van der Waals surface area contributed by atoms with Crippen molar-refractivity contribution in [2.75, 3.05) is 19.5 Å². The Balaban J connectivity index is 1.66. The molecular weight excluding hydrogens is 457 g/mol. The Morgan fingerprint density at radius 3 is 2.86 bits per heavy atom. The fourth-order valence-electron chi connectivity index (χ4n) is 4.42. The zero-order valence-corrected chi connectivity index (χ0v) is 18.9. The van der Waals surface area contributed by atoms with Crippen molar-refractivity contribution < 1.29 is 23.6 Å². The minimum atomic E-state index is -1.03. The standard InChI is InChI=1S/C24H20FN5O5/c1-34-20-9-17(25)19(30(32)33)10-18(20)27-24-26-11-15(23(31)35-2)21(28-24)16-12-29-8-4-6-13-5-3-7-14(16)22(13)29/h3,5,7,9-12H,4,6,8H2,1-2H3,(H,26,27,28). The van der Waals surface area contributed by atoms with Gasteiger partial charge in [-0.25, -0.2) is 14.8 Å². The summed E-state index contributed by atoms with van der Waals surface area (Å²) in [6.07, 6.45) is 5.25. The van der Waals surface area contributed by atoms with Gasteiger partial charge in [0.25, 0.3) is 0 Å². The van der Waals surface area contributed by atoms with E-state index in [1.54, 1.807) is 0 Å². The second kappa shape index (κ2) is 8.67. The van der Waals surface area contributed by atoms with Crippen molar-refractivity contribution in [3.63, 3.8) is 0 Å². The molecule has 3 heterocycles. The van der Waals surface area contributed by atoms with Crippen LogP contribution in [0.2, 0.25) is 0 Å². The lowest BCUT2D eigenvalue weighted by atomic mass is 10.0. The van der Waals surface area contributed by atoms with Crippen molar-refractivity contribution in [1.29, 1.82) is 0 Å². The number of carbonyl (C=O) groups excluding carboxylic acids is 1. The molecule has 1 aliphatic rings. The van der Waals surface area contributed by atoms with Gasteiger partial charge in [-0.3, -0.25) is 10.1 Å². The predicted molar refractivity (Wildman–Crippen MR) is 126 cm³/mol. The number of rotatable bonds is 6. The number of hydrogen-bond acceptors (Lipinski definition) is 8. The topological polar surface area (TPSA) is 121 Å². The van der Waals surface area contributed by atoms with E-state index in [1.807, 2.05) is 18.3 Å². The molecule has 35 heavy (non-hydrogen) atoms. The first-order chi connectivity index (χ1) is 16.9. The van der Waals surface area contributed by atoms with Crippen molar-refractivity contribution >= 4 is 34.2 Å². The number of carbonyl (C=O) groups is 1. The second-order valence-corrected chi connectivity index (χ2v) is 7.99. The van der Waals surface area contributed by atoms with Crippen LogP contribution in [-0.4, -0.2) is 39.6 Å². The SMILES string of the molecule is COC(=O)c1cnc(Nc2cc([N+](=O)[O-])c(F)cc2OC)nc1-c1cn2c3c(cccc13)CCC2. The summed E-state index contributed by atoms with van der Waals surface area (Å²) in [5, 5.41) is 15.0. The number of anilines is 2. The molecular formula is C24H20FN5O5. The third-order valence-corrected chi connectivity index (χ3v) is 5.99. The van der Waals surface area contributed by atoms with Crippen LogP contribution in [-0.2, 0) is 17.7 Å². The van der Waals surface area contributed by atoms with Crippen LogP contribution in [0.1, 0.15) is 22.3 Å². The average molecular weight is 477 g/mol. The number of aryl methyl sites for hydroxylation is 2. The van der Waals surface area contributed by atoms with Crippen molar-refractivity contribution in [2.24, 2.45) is 0 Å². The van der Waals surface area contributed by atoms with Crippen LogP contribution in [0, 0.1) is 15.9 Å². The molecule has 0 saturated carbocycles. The number of esters is 1. The van der Waals surface area contributed by atoms with Gasteiger partial charge in [-0.05, 0) is 18.4 Å². The Kier molecular flexibility index (Phi) is 5.51. The highest BCUT2D eigenvalue weighted by Gasteiger charge is 2.24. The molecule has 2 aromatic carbocycles. The molecule has 0 bridgehead atoms. The maximum atomic E-state index is 14.1. The highest BCUT2D eigenvalue weighted by molar-refractivity contribution is 6.03. The highest BCUT2D eigenvalue weighted by Crippen LogP contribution is 2.37. The van der Waals surface area contributed by atoms with E-state index in [1.165, 1.54) is 26.0 Å². The van der Waals surface area contributed by atoms with E-state index in [-0.39, 0.29) is 22.9 Å². The summed E-state index contributed by atoms with van der Waals surface area (Å²) in [6.45, 7) is 0.841. The molecule has 11 heteroatoms. The number of para-hydroxylation sites is 1. The predicted octanol–water partition coefficient (Wildman–Crippen LogP) is 4.63. The van der Waals surface area contributed by atoms with Crippen LogP contribution in [0.25, 0.3) is 22.2 Å². The molecule has 0 unspecified atom stereocenters. The third kappa shape index (κ3) is 3.80. The van der Waals surface area contributed by atoms with Gasteiger partial charge in [0.1, 0.15) is 11.3 Å². The van der Waals surface area contributed by atoms with Gasteiger partial charge in [-0.15, -0.1) is 0 Å². The number of nitrogens with one attached hydrogen (secondary N) is 1. The average Bonchev–Trinajstić information content (AvgIpc) is 3.24. The lowest BCUT2D eigenvalue weighted by Gasteiger charge is -2.14. The van der Waals surface area contributed by atoms with Gasteiger partial charge in [0.2, 0.25) is 11.8 Å². The molecule has 0 atom stereocenters. The summed E-state index contributed by atoms with van der Waals surface area (Å²) in [7, 11) is 2.59. The van der Waals surface area contributed by atoms with Crippen LogP contribution >= 0.6 is 0 Å². The smallest absolute Gasteiger partial charge is 0.341 e. The minimum Gasteiger partial charge on any atom is -0.494 e. The molecule has 0 spiro atoms. The van der Waals surface area contributed by atoms with Crippen molar-refractivity contribution in [3.8, 4) is 17.0 Å². The van der Waals surface area contributed by atoms with E-state index in [2.05, 4.69) is 25.9 Å². The van der Waals surface area contributed by atoms with E-state index >= 15 is 0 Å². The number of methoxy groups -OCH3 is 2. The summed E-state index contributed by atoms with van der Waals surface area (Å²) in [6, 6.07) is 7.95. The first-order valence-electron chi connectivity index (χ1n) is 10.8. The van der Waals surface area contributed by atoms with Crippen molar-refractivity contribution in [1.82, 2.24) is 14.5 Å². The molecule has 0 saturated heterocycles. The Bertz CT molecular complexity index is 1500. The van der Waals surface area contributed by atoms with Gasteiger partial charge in [-0.1, -0.05) is 18.2 Å². The largest absolute Gasteiger partial charge is 0.494 e. The van der Waals surface area contributed by atoms with Crippen molar-refractivity contribution in [2.45, 2.75) is 19.4 Å². The van der Waals surface area contributed by atoms with E-state index in [4.69, 9.17) is 9.47 Å². The second-order valence-electron chi connectivity index (χ2n) is 7.99. The molecule has 178 valence electrons. The summed E-state index contributed by atoms with van der Waals surface area (Å²) in [5.41, 5.74) is 2.91. The zero-order valence-electron chi connectivity index (χ0n) is 18.9. The number of hydrogen-bond donors (Lipinski definition) is 1. The first kappa shape index (κ1) is 22.3. The molecule has 2 aromatic heterocycles. The molecule has 1 aliphatic heterocycles. The summed E-state index contributed by atoms with van der Waals surface area (Å²) in [4.78, 5) is 31.7. The van der Waals surface area contributed by atoms with Gasteiger partial charge in [-0.2, -0.15) is 4.39 Å². The molecule has 10 nitrogen and oxygen atoms in total. The van der Waals surface area contributed by atoms with Crippen LogP contribution in [0.5, 0.6) is 5.75 Å².